The van der Waals surface area contributed by atoms with E-state index in [1.807, 2.05) is 27.7 Å². The van der Waals surface area contributed by atoms with Crippen LogP contribution < -0.4 is 10.9 Å². The summed E-state index contributed by atoms with van der Waals surface area (Å²) in [5.41, 5.74) is 4.01. The second kappa shape index (κ2) is 8.17. The van der Waals surface area contributed by atoms with Gasteiger partial charge in [0.05, 0.1) is 5.41 Å². The fourth-order valence-electron chi connectivity index (χ4n) is 2.70. The maximum Gasteiger partial charge on any atom is 0.410 e. The Balaban J connectivity index is 1.86. The van der Waals surface area contributed by atoms with E-state index in [2.05, 4.69) is 10.9 Å². The second-order valence-electron chi connectivity index (χ2n) is 7.95. The molecule has 3 amide bonds. The Hall–Kier alpha value is -2.28. The quantitative estimate of drug-likeness (QED) is 0.753. The highest BCUT2D eigenvalue weighted by molar-refractivity contribution is 6.30. The van der Waals surface area contributed by atoms with E-state index in [4.69, 9.17) is 16.3 Å². The fourth-order valence-corrected chi connectivity index (χ4v) is 2.89. The van der Waals surface area contributed by atoms with Crippen molar-refractivity contribution in [3.05, 3.63) is 34.9 Å². The highest BCUT2D eigenvalue weighted by Gasteiger charge is 2.39. The zero-order valence-corrected chi connectivity index (χ0v) is 16.9. The SMILES string of the molecule is CC(C)(C)OC(=O)N1CCC(C)(C(=O)NNC(=O)c2cccc(Cl)c2)CC1. The number of hydrogen-bond donors (Lipinski definition) is 2. The normalized spacial score (nSPS) is 16.4. The van der Waals surface area contributed by atoms with Gasteiger partial charge in [0.25, 0.3) is 5.91 Å². The molecular weight excluding hydrogens is 370 g/mol. The minimum atomic E-state index is -0.680. The highest BCUT2D eigenvalue weighted by atomic mass is 35.5. The number of likely N-dealkylation sites (tertiary alicyclic amines) is 1. The number of benzene rings is 1. The summed E-state index contributed by atoms with van der Waals surface area (Å²) >= 11 is 5.86. The number of ether oxygens (including phenoxy) is 1. The van der Waals surface area contributed by atoms with Crippen molar-refractivity contribution in [2.75, 3.05) is 13.1 Å². The van der Waals surface area contributed by atoms with Crippen molar-refractivity contribution in [3.63, 3.8) is 0 Å². The molecule has 7 nitrogen and oxygen atoms in total. The lowest BCUT2D eigenvalue weighted by atomic mass is 9.80. The van der Waals surface area contributed by atoms with Gasteiger partial charge in [-0.3, -0.25) is 20.4 Å². The average Bonchev–Trinajstić information content (AvgIpc) is 2.58. The number of piperidine rings is 1. The molecule has 1 aromatic rings. The first-order chi connectivity index (χ1) is 12.5. The number of amides is 3. The molecule has 148 valence electrons. The number of nitrogens with zero attached hydrogens (tertiary/aromatic N) is 1. The van der Waals surface area contributed by atoms with Crippen LogP contribution >= 0.6 is 11.6 Å². The van der Waals surface area contributed by atoms with E-state index in [-0.39, 0.29) is 12.0 Å². The van der Waals surface area contributed by atoms with Crippen molar-refractivity contribution in [2.24, 2.45) is 5.41 Å². The Kier molecular flexibility index (Phi) is 6.36. The molecule has 0 atom stereocenters. The van der Waals surface area contributed by atoms with Crippen LogP contribution in [0.4, 0.5) is 4.79 Å². The predicted octanol–water partition coefficient (Wildman–Crippen LogP) is 3.14. The van der Waals surface area contributed by atoms with E-state index in [9.17, 15) is 14.4 Å². The van der Waals surface area contributed by atoms with Crippen molar-refractivity contribution in [2.45, 2.75) is 46.1 Å². The third-order valence-electron chi connectivity index (χ3n) is 4.44. The first-order valence-corrected chi connectivity index (χ1v) is 9.22. The van der Waals surface area contributed by atoms with E-state index in [1.54, 1.807) is 23.1 Å². The molecule has 8 heteroatoms. The van der Waals surface area contributed by atoms with Gasteiger partial charge in [-0.2, -0.15) is 0 Å². The molecule has 0 aromatic heterocycles. The summed E-state index contributed by atoms with van der Waals surface area (Å²) in [6.45, 7) is 8.10. The molecule has 0 radical (unpaired) electrons. The summed E-state index contributed by atoms with van der Waals surface area (Å²) in [7, 11) is 0. The zero-order valence-electron chi connectivity index (χ0n) is 16.1. The first kappa shape index (κ1) is 21.0. The molecular formula is C19H26ClN3O4. The standard InChI is InChI=1S/C19H26ClN3O4/c1-18(2,3)27-17(26)23-10-8-19(4,9-11-23)16(25)22-21-15(24)13-6-5-7-14(20)12-13/h5-7,12H,8-11H2,1-4H3,(H,21,24)(H,22,25). The summed E-state index contributed by atoms with van der Waals surface area (Å²) in [6, 6.07) is 6.45. The fraction of sp³-hybridized carbons (Fsp3) is 0.526. The molecule has 0 aliphatic carbocycles. The van der Waals surface area contributed by atoms with Crippen LogP contribution in [-0.2, 0) is 9.53 Å². The lowest BCUT2D eigenvalue weighted by Crippen LogP contribution is -2.53. The largest absolute Gasteiger partial charge is 0.444 e. The summed E-state index contributed by atoms with van der Waals surface area (Å²) in [4.78, 5) is 38.4. The van der Waals surface area contributed by atoms with Crippen molar-refractivity contribution >= 4 is 29.5 Å². The minimum absolute atomic E-state index is 0.290. The topological polar surface area (TPSA) is 87.7 Å². The Bertz CT molecular complexity index is 722. The molecule has 27 heavy (non-hydrogen) atoms. The third kappa shape index (κ3) is 5.85. The zero-order chi connectivity index (χ0) is 20.2. The molecule has 1 aliphatic heterocycles. The molecule has 0 saturated carbocycles. The lowest BCUT2D eigenvalue weighted by molar-refractivity contribution is -0.133. The smallest absolute Gasteiger partial charge is 0.410 e. The van der Waals surface area contributed by atoms with Crippen LogP contribution in [0, 0.1) is 5.41 Å². The lowest BCUT2D eigenvalue weighted by Gasteiger charge is -2.38. The van der Waals surface area contributed by atoms with Crippen LogP contribution in [0.5, 0.6) is 0 Å². The predicted molar refractivity (Wildman–Crippen MR) is 102 cm³/mol. The maximum absolute atomic E-state index is 12.5. The molecule has 1 saturated heterocycles. The average molecular weight is 396 g/mol. The van der Waals surface area contributed by atoms with Crippen LogP contribution in [0.25, 0.3) is 0 Å². The Morgan fingerprint density at radius 2 is 1.78 bits per heavy atom. The van der Waals surface area contributed by atoms with Gasteiger partial charge in [0.15, 0.2) is 0 Å². The second-order valence-corrected chi connectivity index (χ2v) is 8.38. The van der Waals surface area contributed by atoms with Crippen LogP contribution in [0.3, 0.4) is 0 Å². The van der Waals surface area contributed by atoms with Crippen molar-refractivity contribution < 1.29 is 19.1 Å². The van der Waals surface area contributed by atoms with Crippen molar-refractivity contribution in [1.82, 2.24) is 15.8 Å². The van der Waals surface area contributed by atoms with Crippen LogP contribution in [0.15, 0.2) is 24.3 Å². The first-order valence-electron chi connectivity index (χ1n) is 8.84. The maximum atomic E-state index is 12.5. The van der Waals surface area contributed by atoms with Crippen molar-refractivity contribution in [1.29, 1.82) is 0 Å². The molecule has 2 N–H and O–H groups in total. The monoisotopic (exact) mass is 395 g/mol. The molecule has 1 aromatic carbocycles. The number of hydrogen-bond acceptors (Lipinski definition) is 4. The van der Waals surface area contributed by atoms with E-state index < -0.39 is 16.9 Å². The van der Waals surface area contributed by atoms with Gasteiger partial charge < -0.3 is 9.64 Å². The Labute approximate surface area is 164 Å². The number of nitrogens with one attached hydrogen (secondary N) is 2. The van der Waals surface area contributed by atoms with Gasteiger partial charge >= 0.3 is 6.09 Å². The minimum Gasteiger partial charge on any atom is -0.444 e. The molecule has 2 rings (SSSR count). The van der Waals surface area contributed by atoms with Gasteiger partial charge in [0.2, 0.25) is 5.91 Å². The summed E-state index contributed by atoms with van der Waals surface area (Å²) < 4.78 is 5.36. The van der Waals surface area contributed by atoms with E-state index >= 15 is 0 Å². The van der Waals surface area contributed by atoms with Gasteiger partial charge in [-0.15, -0.1) is 0 Å². The molecule has 1 aliphatic rings. The Morgan fingerprint density at radius 1 is 1.15 bits per heavy atom. The molecule has 0 spiro atoms. The number of carbonyl (C=O) groups is 3. The molecule has 0 bridgehead atoms. The number of rotatable bonds is 2. The van der Waals surface area contributed by atoms with Crippen LogP contribution in [0.1, 0.15) is 50.9 Å². The van der Waals surface area contributed by atoms with E-state index in [1.165, 1.54) is 6.07 Å². The van der Waals surface area contributed by atoms with Crippen LogP contribution in [-0.4, -0.2) is 41.5 Å². The van der Waals surface area contributed by atoms with Gasteiger partial charge in [0, 0.05) is 23.7 Å². The third-order valence-corrected chi connectivity index (χ3v) is 4.68. The summed E-state index contributed by atoms with van der Waals surface area (Å²) in [5, 5.41) is 0.440. The molecule has 1 fully saturated rings. The molecule has 0 unspecified atom stereocenters. The van der Waals surface area contributed by atoms with Gasteiger partial charge in [0.1, 0.15) is 5.60 Å². The van der Waals surface area contributed by atoms with Crippen LogP contribution in [0.2, 0.25) is 5.02 Å². The number of halogens is 1. The van der Waals surface area contributed by atoms with Gasteiger partial charge in [-0.1, -0.05) is 24.6 Å². The van der Waals surface area contributed by atoms with E-state index in [0.717, 1.165) is 0 Å². The number of hydrazine groups is 1. The van der Waals surface area contributed by atoms with Gasteiger partial charge in [-0.25, -0.2) is 4.79 Å². The Morgan fingerprint density at radius 3 is 2.33 bits per heavy atom. The van der Waals surface area contributed by atoms with E-state index in [0.29, 0.717) is 36.5 Å². The molecule has 1 heterocycles. The van der Waals surface area contributed by atoms with Crippen molar-refractivity contribution in [3.8, 4) is 0 Å². The summed E-state index contributed by atoms with van der Waals surface area (Å²) in [6.07, 6.45) is 0.579. The van der Waals surface area contributed by atoms with Gasteiger partial charge in [-0.05, 0) is 51.8 Å². The summed E-state index contributed by atoms with van der Waals surface area (Å²) in [5.74, 6) is -0.734. The highest BCUT2D eigenvalue weighted by Crippen LogP contribution is 2.31. The number of carbonyl (C=O) groups excluding carboxylic acids is 3.